The van der Waals surface area contributed by atoms with Gasteiger partial charge in [-0.1, -0.05) is 6.07 Å². The van der Waals surface area contributed by atoms with E-state index < -0.39 is 0 Å². The molecule has 0 atom stereocenters. The third-order valence-electron chi connectivity index (χ3n) is 1.98. The van der Waals surface area contributed by atoms with Gasteiger partial charge >= 0.3 is 0 Å². The summed E-state index contributed by atoms with van der Waals surface area (Å²) in [7, 11) is 1.42. The number of aryl methyl sites for hydroxylation is 1. The van der Waals surface area contributed by atoms with Gasteiger partial charge in [0.2, 0.25) is 0 Å². The van der Waals surface area contributed by atoms with Crippen LogP contribution in [-0.2, 0) is 11.2 Å². The number of rotatable bonds is 4. The summed E-state index contributed by atoms with van der Waals surface area (Å²) in [5.41, 5.74) is 0.818. The van der Waals surface area contributed by atoms with Gasteiger partial charge in [-0.15, -0.1) is 0 Å². The lowest BCUT2D eigenvalue weighted by Gasteiger charge is -2.03. The molecule has 0 unspecified atom stereocenters. The molecular weight excluding hydrogens is 183 g/mol. The van der Waals surface area contributed by atoms with Crippen molar-refractivity contribution in [2.45, 2.75) is 19.8 Å². The molecule has 1 rings (SSSR count). The largest absolute Gasteiger partial charge is 0.494 e. The Hall–Kier alpha value is -1.38. The summed E-state index contributed by atoms with van der Waals surface area (Å²) < 4.78 is 17.9. The van der Waals surface area contributed by atoms with Gasteiger partial charge in [0.1, 0.15) is 5.78 Å². The summed E-state index contributed by atoms with van der Waals surface area (Å²) in [6.07, 6.45) is 1.03. The van der Waals surface area contributed by atoms with Gasteiger partial charge in [0.25, 0.3) is 0 Å². The molecule has 0 spiro atoms. The number of methoxy groups -OCH3 is 1. The van der Waals surface area contributed by atoms with E-state index in [2.05, 4.69) is 0 Å². The standard InChI is InChI=1S/C11H13FO2/c1-8(13)3-4-9-5-6-11(14-2)10(12)7-9/h5-7H,3-4H2,1-2H3. The van der Waals surface area contributed by atoms with Gasteiger partial charge in [-0.3, -0.25) is 0 Å². The van der Waals surface area contributed by atoms with E-state index in [1.165, 1.54) is 20.1 Å². The quantitative estimate of drug-likeness (QED) is 0.738. The van der Waals surface area contributed by atoms with Crippen LogP contribution in [0, 0.1) is 5.82 Å². The Morgan fingerprint density at radius 1 is 1.50 bits per heavy atom. The molecule has 1 aromatic rings. The van der Waals surface area contributed by atoms with Crippen molar-refractivity contribution in [2.24, 2.45) is 0 Å². The molecule has 3 heteroatoms. The molecule has 0 aliphatic heterocycles. The van der Waals surface area contributed by atoms with Crippen molar-refractivity contribution in [2.75, 3.05) is 7.11 Å². The average Bonchev–Trinajstić information content (AvgIpc) is 2.15. The number of Topliss-reactive ketones (excluding diaryl/α,β-unsaturated/α-hetero) is 1. The maximum Gasteiger partial charge on any atom is 0.165 e. The molecule has 0 saturated carbocycles. The molecule has 0 amide bonds. The smallest absolute Gasteiger partial charge is 0.165 e. The third-order valence-corrected chi connectivity index (χ3v) is 1.98. The van der Waals surface area contributed by atoms with Crippen LogP contribution in [-0.4, -0.2) is 12.9 Å². The fourth-order valence-electron chi connectivity index (χ4n) is 1.19. The SMILES string of the molecule is COc1ccc(CCC(C)=O)cc1F. The minimum absolute atomic E-state index is 0.112. The minimum Gasteiger partial charge on any atom is -0.494 e. The maximum atomic E-state index is 13.2. The second-order valence-corrected chi connectivity index (χ2v) is 3.17. The molecule has 0 fully saturated rings. The highest BCUT2D eigenvalue weighted by Gasteiger charge is 2.03. The van der Waals surface area contributed by atoms with Crippen molar-refractivity contribution in [3.8, 4) is 5.75 Å². The highest BCUT2D eigenvalue weighted by molar-refractivity contribution is 5.75. The van der Waals surface area contributed by atoms with Gasteiger partial charge in [-0.05, 0) is 31.0 Å². The Morgan fingerprint density at radius 3 is 2.71 bits per heavy atom. The molecule has 76 valence electrons. The van der Waals surface area contributed by atoms with Crippen LogP contribution in [0.5, 0.6) is 5.75 Å². The average molecular weight is 196 g/mol. The molecule has 1 aromatic carbocycles. The number of benzene rings is 1. The van der Waals surface area contributed by atoms with Gasteiger partial charge in [0.05, 0.1) is 7.11 Å². The molecular formula is C11H13FO2. The van der Waals surface area contributed by atoms with Gasteiger partial charge in [0, 0.05) is 6.42 Å². The van der Waals surface area contributed by atoms with Crippen LogP contribution in [0.1, 0.15) is 18.9 Å². The van der Waals surface area contributed by atoms with E-state index in [-0.39, 0.29) is 17.3 Å². The monoisotopic (exact) mass is 196 g/mol. The first-order chi connectivity index (χ1) is 6.63. The number of ketones is 1. The van der Waals surface area contributed by atoms with Gasteiger partial charge < -0.3 is 9.53 Å². The number of carbonyl (C=O) groups excluding carboxylic acids is 1. The van der Waals surface area contributed by atoms with Crippen molar-refractivity contribution < 1.29 is 13.9 Å². The lowest BCUT2D eigenvalue weighted by molar-refractivity contribution is -0.116. The Labute approximate surface area is 82.7 Å². The van der Waals surface area contributed by atoms with Crippen LogP contribution in [0.3, 0.4) is 0 Å². The minimum atomic E-state index is -0.381. The second-order valence-electron chi connectivity index (χ2n) is 3.17. The van der Waals surface area contributed by atoms with E-state index in [4.69, 9.17) is 4.74 Å². The molecule has 0 heterocycles. The Kier molecular flexibility index (Phi) is 3.63. The van der Waals surface area contributed by atoms with Crippen molar-refractivity contribution in [3.05, 3.63) is 29.6 Å². The van der Waals surface area contributed by atoms with Crippen molar-refractivity contribution in [1.82, 2.24) is 0 Å². The summed E-state index contributed by atoms with van der Waals surface area (Å²) in [4.78, 5) is 10.7. The van der Waals surface area contributed by atoms with Crippen molar-refractivity contribution >= 4 is 5.78 Å². The summed E-state index contributed by atoms with van der Waals surface area (Å²) in [6.45, 7) is 1.53. The highest BCUT2D eigenvalue weighted by atomic mass is 19.1. The molecule has 0 aliphatic carbocycles. The molecule has 0 bridgehead atoms. The predicted octanol–water partition coefficient (Wildman–Crippen LogP) is 2.36. The fourth-order valence-corrected chi connectivity index (χ4v) is 1.19. The Bertz CT molecular complexity index is 334. The second kappa shape index (κ2) is 4.74. The third kappa shape index (κ3) is 2.83. The first-order valence-electron chi connectivity index (χ1n) is 4.45. The van der Waals surface area contributed by atoms with Crippen molar-refractivity contribution in [3.63, 3.8) is 0 Å². The number of hydrogen-bond acceptors (Lipinski definition) is 2. The van der Waals surface area contributed by atoms with E-state index in [1.54, 1.807) is 12.1 Å². The number of halogens is 1. The predicted molar refractivity (Wildman–Crippen MR) is 52.0 cm³/mol. The Morgan fingerprint density at radius 2 is 2.21 bits per heavy atom. The van der Waals surface area contributed by atoms with E-state index >= 15 is 0 Å². The van der Waals surface area contributed by atoms with Crippen LogP contribution in [0.25, 0.3) is 0 Å². The zero-order chi connectivity index (χ0) is 10.6. The zero-order valence-electron chi connectivity index (χ0n) is 8.34. The van der Waals surface area contributed by atoms with Crippen molar-refractivity contribution in [1.29, 1.82) is 0 Å². The first kappa shape index (κ1) is 10.7. The van der Waals surface area contributed by atoms with Gasteiger partial charge in [0.15, 0.2) is 11.6 Å². The maximum absolute atomic E-state index is 13.2. The fraction of sp³-hybridized carbons (Fsp3) is 0.364. The van der Waals surface area contributed by atoms with Gasteiger partial charge in [-0.25, -0.2) is 4.39 Å². The van der Waals surface area contributed by atoms with E-state index in [9.17, 15) is 9.18 Å². The van der Waals surface area contributed by atoms with E-state index in [1.807, 2.05) is 0 Å². The molecule has 0 aliphatic rings. The van der Waals surface area contributed by atoms with Crippen LogP contribution < -0.4 is 4.74 Å². The zero-order valence-corrected chi connectivity index (χ0v) is 8.34. The molecule has 2 nitrogen and oxygen atoms in total. The molecule has 0 saturated heterocycles. The van der Waals surface area contributed by atoms with E-state index in [0.717, 1.165) is 5.56 Å². The number of hydrogen-bond donors (Lipinski definition) is 0. The number of carbonyl (C=O) groups is 1. The molecule has 14 heavy (non-hydrogen) atoms. The number of ether oxygens (including phenoxy) is 1. The van der Waals surface area contributed by atoms with Crippen LogP contribution in [0.15, 0.2) is 18.2 Å². The topological polar surface area (TPSA) is 26.3 Å². The lowest BCUT2D eigenvalue weighted by Crippen LogP contribution is -1.95. The lowest BCUT2D eigenvalue weighted by atomic mass is 10.1. The highest BCUT2D eigenvalue weighted by Crippen LogP contribution is 2.18. The molecule has 0 radical (unpaired) electrons. The van der Waals surface area contributed by atoms with Crippen LogP contribution in [0.2, 0.25) is 0 Å². The van der Waals surface area contributed by atoms with Crippen LogP contribution >= 0.6 is 0 Å². The summed E-state index contributed by atoms with van der Waals surface area (Å²) in [5, 5.41) is 0. The normalized spacial score (nSPS) is 9.93. The summed E-state index contributed by atoms with van der Waals surface area (Å²) in [5.74, 6) is -0.0358. The van der Waals surface area contributed by atoms with E-state index in [0.29, 0.717) is 12.8 Å². The summed E-state index contributed by atoms with van der Waals surface area (Å²) >= 11 is 0. The molecule has 0 N–H and O–H groups in total. The van der Waals surface area contributed by atoms with Crippen LogP contribution in [0.4, 0.5) is 4.39 Å². The summed E-state index contributed by atoms with van der Waals surface area (Å²) in [6, 6.07) is 4.75. The Balaban J connectivity index is 2.71. The molecule has 0 aromatic heterocycles. The van der Waals surface area contributed by atoms with Gasteiger partial charge in [-0.2, -0.15) is 0 Å². The first-order valence-corrected chi connectivity index (χ1v) is 4.45.